The third kappa shape index (κ3) is 1.16. The second-order valence-electron chi connectivity index (χ2n) is 5.75. The lowest BCUT2D eigenvalue weighted by Gasteiger charge is -2.44. The number of amides is 1. The van der Waals surface area contributed by atoms with E-state index in [9.17, 15) is 4.79 Å². The topological polar surface area (TPSA) is 20.3 Å². The lowest BCUT2D eigenvalue weighted by atomic mass is 9.65. The molecule has 0 saturated heterocycles. The van der Waals surface area contributed by atoms with Crippen molar-refractivity contribution >= 4 is 11.6 Å². The summed E-state index contributed by atoms with van der Waals surface area (Å²) in [6, 6.07) is 8.84. The fraction of sp³-hybridized carbons (Fsp3) is 0.438. The molecule has 5 rings (SSSR count). The molecule has 1 fully saturated rings. The van der Waals surface area contributed by atoms with Gasteiger partial charge in [0, 0.05) is 18.5 Å². The first-order valence-corrected chi connectivity index (χ1v) is 6.84. The van der Waals surface area contributed by atoms with Crippen molar-refractivity contribution in [3.8, 4) is 0 Å². The van der Waals surface area contributed by atoms with Crippen LogP contribution in [-0.4, -0.2) is 11.9 Å². The number of para-hydroxylation sites is 1. The van der Waals surface area contributed by atoms with Crippen molar-refractivity contribution in [2.75, 3.05) is 4.90 Å². The molecule has 2 unspecified atom stereocenters. The summed E-state index contributed by atoms with van der Waals surface area (Å²) in [5.41, 5.74) is 2.54. The van der Waals surface area contributed by atoms with E-state index < -0.39 is 0 Å². The Bertz CT molecular complexity index is 548. The van der Waals surface area contributed by atoms with Gasteiger partial charge in [-0.2, -0.15) is 0 Å². The van der Waals surface area contributed by atoms with Crippen LogP contribution >= 0.6 is 0 Å². The van der Waals surface area contributed by atoms with E-state index in [2.05, 4.69) is 35.3 Å². The van der Waals surface area contributed by atoms with Gasteiger partial charge in [-0.3, -0.25) is 4.79 Å². The monoisotopic (exact) mass is 239 g/mol. The summed E-state index contributed by atoms with van der Waals surface area (Å²) in [5, 5.41) is 0. The van der Waals surface area contributed by atoms with Gasteiger partial charge >= 0.3 is 0 Å². The van der Waals surface area contributed by atoms with Crippen LogP contribution in [0.3, 0.4) is 0 Å². The van der Waals surface area contributed by atoms with Crippen LogP contribution in [0, 0.1) is 11.8 Å². The summed E-state index contributed by atoms with van der Waals surface area (Å²) in [5.74, 6) is 1.91. The summed E-state index contributed by atoms with van der Waals surface area (Å²) in [6.07, 6.45) is 7.25. The standard InChI is InChI=1S/C16H17NO/c1-10(18)17-14-5-3-2-4-13(14)15-11-6-8-12(9-7-11)16(15)17/h2-6,8,11-12,15-16H,7,9H2,1H3/t11-,12+,15?,16?/m0/s1. The largest absolute Gasteiger partial charge is 0.308 e. The van der Waals surface area contributed by atoms with Crippen molar-refractivity contribution in [3.05, 3.63) is 42.0 Å². The first-order valence-electron chi connectivity index (χ1n) is 6.84. The molecule has 0 aromatic heterocycles. The quantitative estimate of drug-likeness (QED) is 0.637. The molecule has 1 amide bonds. The van der Waals surface area contributed by atoms with E-state index in [-0.39, 0.29) is 5.91 Å². The zero-order chi connectivity index (χ0) is 12.3. The van der Waals surface area contributed by atoms with Gasteiger partial charge in [0.1, 0.15) is 0 Å². The minimum Gasteiger partial charge on any atom is -0.308 e. The van der Waals surface area contributed by atoms with Crippen molar-refractivity contribution in [2.24, 2.45) is 11.8 Å². The lowest BCUT2D eigenvalue weighted by molar-refractivity contribution is -0.117. The minimum absolute atomic E-state index is 0.191. The summed E-state index contributed by atoms with van der Waals surface area (Å²) in [6.45, 7) is 1.70. The van der Waals surface area contributed by atoms with Crippen LogP contribution in [0.15, 0.2) is 36.4 Å². The maximum atomic E-state index is 12.0. The van der Waals surface area contributed by atoms with Gasteiger partial charge < -0.3 is 4.90 Å². The number of carbonyl (C=O) groups excluding carboxylic acids is 1. The maximum absolute atomic E-state index is 12.0. The summed E-state index contributed by atoms with van der Waals surface area (Å²) < 4.78 is 0. The van der Waals surface area contributed by atoms with E-state index in [0.29, 0.717) is 23.8 Å². The first kappa shape index (κ1) is 10.4. The van der Waals surface area contributed by atoms with Gasteiger partial charge in [0.05, 0.1) is 6.04 Å². The van der Waals surface area contributed by atoms with Crippen molar-refractivity contribution in [1.29, 1.82) is 0 Å². The molecule has 3 aliphatic carbocycles. The Balaban J connectivity index is 1.92. The van der Waals surface area contributed by atoms with Crippen LogP contribution in [-0.2, 0) is 4.79 Å². The number of hydrogen-bond donors (Lipinski definition) is 0. The zero-order valence-corrected chi connectivity index (χ0v) is 10.5. The van der Waals surface area contributed by atoms with E-state index in [1.807, 2.05) is 6.07 Å². The third-order valence-corrected chi connectivity index (χ3v) is 4.90. The molecule has 18 heavy (non-hydrogen) atoms. The molecule has 2 nitrogen and oxygen atoms in total. The van der Waals surface area contributed by atoms with E-state index in [1.54, 1.807) is 6.92 Å². The molecule has 0 radical (unpaired) electrons. The van der Waals surface area contributed by atoms with Gasteiger partial charge in [-0.05, 0) is 36.3 Å². The van der Waals surface area contributed by atoms with Crippen LogP contribution in [0.4, 0.5) is 5.69 Å². The molecule has 2 heteroatoms. The van der Waals surface area contributed by atoms with E-state index in [1.165, 1.54) is 18.4 Å². The normalized spacial score (nSPS) is 35.5. The Morgan fingerprint density at radius 2 is 1.89 bits per heavy atom. The van der Waals surface area contributed by atoms with Crippen LogP contribution in [0.2, 0.25) is 0 Å². The van der Waals surface area contributed by atoms with E-state index in [0.717, 1.165) is 5.69 Å². The molecular formula is C16H17NO. The number of fused-ring (bicyclic) bond motifs is 2. The number of benzene rings is 1. The molecule has 1 aliphatic heterocycles. The number of allylic oxidation sites excluding steroid dienone is 1. The second kappa shape index (κ2) is 3.47. The van der Waals surface area contributed by atoms with Crippen LogP contribution in [0.1, 0.15) is 31.2 Å². The smallest absolute Gasteiger partial charge is 0.224 e. The van der Waals surface area contributed by atoms with Crippen LogP contribution in [0.25, 0.3) is 0 Å². The molecule has 1 aromatic carbocycles. The average Bonchev–Trinajstić information content (AvgIpc) is 2.77. The van der Waals surface area contributed by atoms with Gasteiger partial charge in [-0.1, -0.05) is 30.4 Å². The number of anilines is 1. The number of hydrogen-bond acceptors (Lipinski definition) is 1. The minimum atomic E-state index is 0.191. The fourth-order valence-electron chi connectivity index (χ4n) is 4.26. The highest BCUT2D eigenvalue weighted by Gasteiger charge is 2.50. The van der Waals surface area contributed by atoms with Crippen molar-refractivity contribution in [1.82, 2.24) is 0 Å². The maximum Gasteiger partial charge on any atom is 0.224 e. The van der Waals surface area contributed by atoms with E-state index in [4.69, 9.17) is 0 Å². The van der Waals surface area contributed by atoms with Gasteiger partial charge in [-0.25, -0.2) is 0 Å². The summed E-state index contributed by atoms with van der Waals surface area (Å²) >= 11 is 0. The Morgan fingerprint density at radius 3 is 2.61 bits per heavy atom. The van der Waals surface area contributed by atoms with Crippen molar-refractivity contribution in [2.45, 2.75) is 31.7 Å². The number of rotatable bonds is 0. The number of nitrogens with zero attached hydrogens (tertiary/aromatic N) is 1. The highest BCUT2D eigenvalue weighted by Crippen LogP contribution is 2.55. The SMILES string of the molecule is CC(=O)N1c2ccccc2C2C1[C@@H]1C=C[C@H]2CC1. The average molecular weight is 239 g/mol. The highest BCUT2D eigenvalue weighted by molar-refractivity contribution is 5.95. The molecular weight excluding hydrogens is 222 g/mol. The second-order valence-corrected chi connectivity index (χ2v) is 5.75. The molecule has 1 heterocycles. The summed E-state index contributed by atoms with van der Waals surface area (Å²) in [7, 11) is 0. The first-order chi connectivity index (χ1) is 8.77. The fourth-order valence-corrected chi connectivity index (χ4v) is 4.26. The van der Waals surface area contributed by atoms with Gasteiger partial charge in [-0.15, -0.1) is 0 Å². The Morgan fingerprint density at radius 1 is 1.17 bits per heavy atom. The third-order valence-electron chi connectivity index (χ3n) is 4.90. The molecule has 92 valence electrons. The van der Waals surface area contributed by atoms with Crippen LogP contribution < -0.4 is 4.90 Å². The highest BCUT2D eigenvalue weighted by atomic mass is 16.2. The summed E-state index contributed by atoms with van der Waals surface area (Å²) in [4.78, 5) is 14.1. The lowest BCUT2D eigenvalue weighted by Crippen LogP contribution is -2.48. The molecule has 2 bridgehead atoms. The Labute approximate surface area is 107 Å². The van der Waals surface area contributed by atoms with Crippen molar-refractivity contribution in [3.63, 3.8) is 0 Å². The molecule has 4 aliphatic rings. The van der Waals surface area contributed by atoms with Crippen molar-refractivity contribution < 1.29 is 4.79 Å². The van der Waals surface area contributed by atoms with E-state index >= 15 is 0 Å². The zero-order valence-electron chi connectivity index (χ0n) is 10.5. The molecule has 0 N–H and O–H groups in total. The number of carbonyl (C=O) groups is 1. The Hall–Kier alpha value is -1.57. The van der Waals surface area contributed by atoms with Crippen LogP contribution in [0.5, 0.6) is 0 Å². The van der Waals surface area contributed by atoms with Gasteiger partial charge in [0.25, 0.3) is 0 Å². The van der Waals surface area contributed by atoms with Gasteiger partial charge in [0.15, 0.2) is 0 Å². The Kier molecular flexibility index (Phi) is 2.00. The predicted molar refractivity (Wildman–Crippen MR) is 71.5 cm³/mol. The molecule has 0 spiro atoms. The predicted octanol–water partition coefficient (Wildman–Crippen LogP) is 3.10. The van der Waals surface area contributed by atoms with Gasteiger partial charge in [0.2, 0.25) is 5.91 Å². The molecule has 1 saturated carbocycles. The molecule has 1 aromatic rings. The molecule has 4 atom stereocenters.